The molecule has 7 heteroatoms. The predicted molar refractivity (Wildman–Crippen MR) is 114 cm³/mol. The zero-order valence-corrected chi connectivity index (χ0v) is 16.3. The van der Waals surface area contributed by atoms with E-state index in [0.29, 0.717) is 11.4 Å². The van der Waals surface area contributed by atoms with Crippen LogP contribution in [0.25, 0.3) is 11.3 Å². The highest BCUT2D eigenvalue weighted by Crippen LogP contribution is 2.30. The molecule has 7 nitrogen and oxygen atoms in total. The molecule has 0 aliphatic rings. The van der Waals surface area contributed by atoms with E-state index in [1.165, 1.54) is 6.07 Å². The Morgan fingerprint density at radius 2 is 1.76 bits per heavy atom. The molecular weight excluding hydrogens is 368 g/mol. The number of aryl methyl sites for hydroxylation is 1. The van der Waals surface area contributed by atoms with Crippen molar-refractivity contribution in [2.75, 3.05) is 23.8 Å². The first-order valence-electron chi connectivity index (χ1n) is 9.29. The van der Waals surface area contributed by atoms with Crippen LogP contribution in [0.5, 0.6) is 0 Å². The van der Waals surface area contributed by atoms with Crippen molar-refractivity contribution in [3.05, 3.63) is 82.4 Å². The van der Waals surface area contributed by atoms with Gasteiger partial charge in [0.05, 0.1) is 11.5 Å². The molecule has 29 heavy (non-hydrogen) atoms. The Bertz CT molecular complexity index is 1020. The third-order valence-corrected chi connectivity index (χ3v) is 4.55. The molecule has 148 valence electrons. The van der Waals surface area contributed by atoms with Crippen molar-refractivity contribution in [3.8, 4) is 11.3 Å². The summed E-state index contributed by atoms with van der Waals surface area (Å²) in [5.41, 5.74) is 2.69. The number of hydrogen-bond acceptors (Lipinski definition) is 5. The molecule has 0 atom stereocenters. The van der Waals surface area contributed by atoms with Gasteiger partial charge in [0, 0.05) is 24.4 Å². The van der Waals surface area contributed by atoms with E-state index in [1.54, 1.807) is 42.3 Å². The number of aromatic nitrogens is 1. The van der Waals surface area contributed by atoms with Gasteiger partial charge in [-0.25, -0.2) is 4.98 Å². The largest absolute Gasteiger partial charge is 0.350 e. The average molecular weight is 390 g/mol. The molecule has 1 amide bonds. The zero-order chi connectivity index (χ0) is 20.8. The van der Waals surface area contributed by atoms with Crippen LogP contribution in [-0.2, 0) is 11.2 Å². The molecular formula is C22H22N4O3. The van der Waals surface area contributed by atoms with Crippen molar-refractivity contribution < 1.29 is 9.72 Å². The molecule has 0 saturated carbocycles. The second-order valence-electron chi connectivity index (χ2n) is 6.58. The number of anilines is 2. The Kier molecular flexibility index (Phi) is 6.19. The molecule has 0 unspecified atom stereocenters. The number of pyridine rings is 1. The lowest BCUT2D eigenvalue weighted by molar-refractivity contribution is -0.384. The van der Waals surface area contributed by atoms with Crippen LogP contribution >= 0.6 is 0 Å². The molecule has 1 heterocycles. The Morgan fingerprint density at radius 3 is 2.45 bits per heavy atom. The lowest BCUT2D eigenvalue weighted by Gasteiger charge is -2.19. The van der Waals surface area contributed by atoms with E-state index < -0.39 is 4.92 Å². The lowest BCUT2D eigenvalue weighted by atomic mass is 10.1. The molecule has 2 aromatic carbocycles. The fourth-order valence-electron chi connectivity index (χ4n) is 3.05. The summed E-state index contributed by atoms with van der Waals surface area (Å²) in [7, 11) is 1.73. The number of likely N-dealkylation sites (N-methyl/N-ethyl adjacent to an activating group) is 1. The van der Waals surface area contributed by atoms with E-state index in [2.05, 4.69) is 10.3 Å². The van der Waals surface area contributed by atoms with Crippen molar-refractivity contribution in [1.82, 2.24) is 4.98 Å². The summed E-state index contributed by atoms with van der Waals surface area (Å²) in [6.45, 7) is 2.10. The third-order valence-electron chi connectivity index (χ3n) is 4.55. The molecule has 1 aromatic heterocycles. The van der Waals surface area contributed by atoms with Crippen LogP contribution in [-0.4, -0.2) is 29.4 Å². The maximum Gasteiger partial charge on any atom is 0.295 e. The van der Waals surface area contributed by atoms with Crippen LogP contribution in [0.4, 0.5) is 17.2 Å². The van der Waals surface area contributed by atoms with Gasteiger partial charge in [-0.15, -0.1) is 0 Å². The fourth-order valence-corrected chi connectivity index (χ4v) is 3.05. The number of nitrogens with zero attached hydrogens (tertiary/aromatic N) is 3. The molecule has 0 bridgehead atoms. The maximum absolute atomic E-state index is 12.5. The number of para-hydroxylation sites is 1. The monoisotopic (exact) mass is 390 g/mol. The van der Waals surface area contributed by atoms with Gasteiger partial charge < -0.3 is 10.2 Å². The summed E-state index contributed by atoms with van der Waals surface area (Å²) < 4.78 is 0. The molecule has 0 aliphatic heterocycles. The standard InChI is InChI=1S/C22H22N4O3/c1-3-16-9-7-8-12-18(16)23-21(27)15-25(2)20-14-13-19(26(28)29)22(24-20)17-10-5-4-6-11-17/h4-14H,3,15H2,1-2H3,(H,23,27). The predicted octanol–water partition coefficient (Wildman–Crippen LogP) is 4.29. The minimum Gasteiger partial charge on any atom is -0.350 e. The molecule has 0 aliphatic carbocycles. The Hall–Kier alpha value is -3.74. The summed E-state index contributed by atoms with van der Waals surface area (Å²) in [6, 6.07) is 19.6. The summed E-state index contributed by atoms with van der Waals surface area (Å²) in [5, 5.41) is 14.3. The van der Waals surface area contributed by atoms with Gasteiger partial charge in [-0.1, -0.05) is 55.5 Å². The van der Waals surface area contributed by atoms with Gasteiger partial charge in [0.25, 0.3) is 5.69 Å². The summed E-state index contributed by atoms with van der Waals surface area (Å²) in [5.74, 6) is 0.295. The molecule has 1 N–H and O–H groups in total. The number of nitrogens with one attached hydrogen (secondary N) is 1. The van der Waals surface area contributed by atoms with E-state index in [9.17, 15) is 14.9 Å². The highest BCUT2D eigenvalue weighted by Gasteiger charge is 2.19. The fraction of sp³-hybridized carbons (Fsp3) is 0.182. The van der Waals surface area contributed by atoms with Gasteiger partial charge in [-0.05, 0) is 24.1 Å². The van der Waals surface area contributed by atoms with Crippen LogP contribution < -0.4 is 10.2 Å². The second-order valence-corrected chi connectivity index (χ2v) is 6.58. The van der Waals surface area contributed by atoms with Crippen LogP contribution in [0, 0.1) is 10.1 Å². The SMILES string of the molecule is CCc1ccccc1NC(=O)CN(C)c1ccc([N+](=O)[O-])c(-c2ccccc2)n1. The minimum absolute atomic E-state index is 0.0666. The topological polar surface area (TPSA) is 88.4 Å². The van der Waals surface area contributed by atoms with Gasteiger partial charge in [-0.2, -0.15) is 0 Å². The van der Waals surface area contributed by atoms with Gasteiger partial charge >= 0.3 is 0 Å². The van der Waals surface area contributed by atoms with Crippen LogP contribution in [0.1, 0.15) is 12.5 Å². The summed E-state index contributed by atoms with van der Waals surface area (Å²) in [4.78, 5) is 29.6. The van der Waals surface area contributed by atoms with Crippen LogP contribution in [0.2, 0.25) is 0 Å². The Labute approximate surface area is 169 Å². The number of rotatable bonds is 7. The van der Waals surface area contributed by atoms with Crippen molar-refractivity contribution >= 4 is 23.1 Å². The number of carbonyl (C=O) groups is 1. The number of nitro groups is 1. The van der Waals surface area contributed by atoms with Gasteiger partial charge in [0.15, 0.2) is 5.69 Å². The normalized spacial score (nSPS) is 10.4. The number of carbonyl (C=O) groups excluding carboxylic acids is 1. The van der Waals surface area contributed by atoms with E-state index in [1.807, 2.05) is 37.3 Å². The molecule has 0 spiro atoms. The van der Waals surface area contributed by atoms with Crippen molar-refractivity contribution in [2.45, 2.75) is 13.3 Å². The van der Waals surface area contributed by atoms with Gasteiger partial charge in [0.1, 0.15) is 5.82 Å². The molecule has 0 radical (unpaired) electrons. The molecule has 0 saturated heterocycles. The van der Waals surface area contributed by atoms with Crippen molar-refractivity contribution in [3.63, 3.8) is 0 Å². The number of benzene rings is 2. The van der Waals surface area contributed by atoms with Crippen LogP contribution in [0.3, 0.4) is 0 Å². The zero-order valence-electron chi connectivity index (χ0n) is 16.3. The summed E-state index contributed by atoms with van der Waals surface area (Å²) in [6.07, 6.45) is 0.816. The highest BCUT2D eigenvalue weighted by molar-refractivity contribution is 5.94. The summed E-state index contributed by atoms with van der Waals surface area (Å²) >= 11 is 0. The average Bonchev–Trinajstić information content (AvgIpc) is 2.74. The second kappa shape index (κ2) is 8.97. The first kappa shape index (κ1) is 20.0. The maximum atomic E-state index is 12.5. The van der Waals surface area contributed by atoms with E-state index in [-0.39, 0.29) is 23.8 Å². The van der Waals surface area contributed by atoms with E-state index in [4.69, 9.17) is 0 Å². The van der Waals surface area contributed by atoms with E-state index >= 15 is 0 Å². The van der Waals surface area contributed by atoms with Crippen molar-refractivity contribution in [2.24, 2.45) is 0 Å². The Balaban J connectivity index is 1.81. The van der Waals surface area contributed by atoms with Crippen molar-refractivity contribution in [1.29, 1.82) is 0 Å². The highest BCUT2D eigenvalue weighted by atomic mass is 16.6. The third kappa shape index (κ3) is 4.76. The van der Waals surface area contributed by atoms with E-state index in [0.717, 1.165) is 17.7 Å². The lowest BCUT2D eigenvalue weighted by Crippen LogP contribution is -2.31. The number of hydrogen-bond donors (Lipinski definition) is 1. The van der Waals surface area contributed by atoms with Crippen LogP contribution in [0.15, 0.2) is 66.7 Å². The molecule has 3 aromatic rings. The number of amides is 1. The smallest absolute Gasteiger partial charge is 0.295 e. The molecule has 0 fully saturated rings. The quantitative estimate of drug-likeness (QED) is 0.480. The van der Waals surface area contributed by atoms with Gasteiger partial charge in [-0.3, -0.25) is 14.9 Å². The Morgan fingerprint density at radius 1 is 1.07 bits per heavy atom. The first-order chi connectivity index (χ1) is 14.0. The minimum atomic E-state index is -0.451. The first-order valence-corrected chi connectivity index (χ1v) is 9.29. The van der Waals surface area contributed by atoms with Gasteiger partial charge in [0.2, 0.25) is 5.91 Å². The molecule has 3 rings (SSSR count).